The summed E-state index contributed by atoms with van der Waals surface area (Å²) < 4.78 is 16.0. The molecule has 2 atom stereocenters. The predicted octanol–water partition coefficient (Wildman–Crippen LogP) is 3.93. The van der Waals surface area contributed by atoms with Crippen LogP contribution in [0.4, 0.5) is 10.1 Å². The fourth-order valence-corrected chi connectivity index (χ4v) is 6.45. The average molecular weight is 551 g/mol. The molecule has 0 spiro atoms. The predicted molar refractivity (Wildman–Crippen MR) is 144 cm³/mol. The first-order chi connectivity index (χ1) is 17.3. The van der Waals surface area contributed by atoms with Gasteiger partial charge in [-0.25, -0.2) is 0 Å². The molecule has 1 aliphatic rings. The van der Waals surface area contributed by atoms with Gasteiger partial charge < -0.3 is 4.90 Å². The van der Waals surface area contributed by atoms with Crippen molar-refractivity contribution in [1.82, 2.24) is 15.1 Å². The number of aromatic amines is 1. The third-order valence-corrected chi connectivity index (χ3v) is 8.50. The summed E-state index contributed by atoms with van der Waals surface area (Å²) in [5.74, 6) is -0.499. The molecule has 1 aromatic heterocycles. The van der Waals surface area contributed by atoms with E-state index >= 15 is 0 Å². The summed E-state index contributed by atoms with van der Waals surface area (Å²) in [6, 6.07) is 14.6. The van der Waals surface area contributed by atoms with Crippen LogP contribution in [0.1, 0.15) is 49.3 Å². The SMILES string of the molecule is CCC(C(=O)[AsH]c1cc(C2CC2)[nH]n1)c1cccc(-c2ccc(NC(=O)/C=C/CN(C)C)c(F)c2)c1. The van der Waals surface area contributed by atoms with Gasteiger partial charge in [-0.05, 0) is 14.1 Å². The molecule has 6 nitrogen and oxygen atoms in total. The van der Waals surface area contributed by atoms with Crippen LogP contribution in [0.15, 0.2) is 60.7 Å². The van der Waals surface area contributed by atoms with Gasteiger partial charge in [0.1, 0.15) is 0 Å². The van der Waals surface area contributed by atoms with Crippen LogP contribution in [0, 0.1) is 5.82 Å². The Labute approximate surface area is 218 Å². The van der Waals surface area contributed by atoms with E-state index in [1.807, 2.05) is 50.2 Å². The van der Waals surface area contributed by atoms with E-state index in [1.54, 1.807) is 18.2 Å². The monoisotopic (exact) mass is 550 g/mol. The number of carbonyl (C=O) groups excluding carboxylic acids is 2. The molecule has 188 valence electrons. The van der Waals surface area contributed by atoms with Crippen molar-refractivity contribution in [2.45, 2.75) is 38.0 Å². The molecule has 0 saturated heterocycles. The molecular weight excluding hydrogens is 518 g/mol. The molecule has 0 bridgehead atoms. The van der Waals surface area contributed by atoms with Gasteiger partial charge in [-0.2, -0.15) is 0 Å². The number of aromatic nitrogens is 2. The summed E-state index contributed by atoms with van der Waals surface area (Å²) in [6.07, 6.45) is 6.21. The molecule has 8 heteroatoms. The summed E-state index contributed by atoms with van der Waals surface area (Å²) in [4.78, 5) is 27.2. The maximum absolute atomic E-state index is 14.8. The maximum atomic E-state index is 14.8. The Bertz CT molecular complexity index is 1270. The number of nitrogens with one attached hydrogen (secondary N) is 2. The van der Waals surface area contributed by atoms with Crippen molar-refractivity contribution < 1.29 is 14.0 Å². The normalized spacial score (nSPS) is 14.7. The topological polar surface area (TPSA) is 78.1 Å². The first-order valence-electron chi connectivity index (χ1n) is 12.2. The second kappa shape index (κ2) is 11.8. The molecule has 3 aromatic rings. The molecule has 2 aromatic carbocycles. The van der Waals surface area contributed by atoms with Crippen LogP contribution in [-0.2, 0) is 9.59 Å². The molecule has 2 N–H and O–H groups in total. The Balaban J connectivity index is 1.45. The van der Waals surface area contributed by atoms with Crippen LogP contribution in [0.25, 0.3) is 11.1 Å². The van der Waals surface area contributed by atoms with Crippen molar-refractivity contribution >= 4 is 36.4 Å². The van der Waals surface area contributed by atoms with Crippen molar-refractivity contribution in [3.63, 3.8) is 0 Å². The van der Waals surface area contributed by atoms with Crippen molar-refractivity contribution in [2.75, 3.05) is 26.0 Å². The Morgan fingerprint density at radius 2 is 1.97 bits per heavy atom. The number of hydrogen-bond donors (Lipinski definition) is 2. The summed E-state index contributed by atoms with van der Waals surface area (Å²) in [7, 11) is 3.80. The van der Waals surface area contributed by atoms with Gasteiger partial charge in [0.05, 0.1) is 0 Å². The van der Waals surface area contributed by atoms with Gasteiger partial charge >= 0.3 is 187 Å². The summed E-state index contributed by atoms with van der Waals surface area (Å²) in [5.41, 5.74) is 3.74. The molecule has 4 rings (SSSR count). The molecule has 0 aliphatic heterocycles. The van der Waals surface area contributed by atoms with E-state index in [0.29, 0.717) is 24.4 Å². The Kier molecular flexibility index (Phi) is 8.55. The second-order valence-corrected chi connectivity index (χ2v) is 12.0. The number of nitrogens with zero attached hydrogens (tertiary/aromatic N) is 2. The number of anilines is 1. The van der Waals surface area contributed by atoms with E-state index in [0.717, 1.165) is 21.3 Å². The fraction of sp³-hybridized carbons (Fsp3) is 0.321. The summed E-state index contributed by atoms with van der Waals surface area (Å²) in [5, 5.41) is 10.1. The quantitative estimate of drug-likeness (QED) is 0.280. The average Bonchev–Trinajstić information content (AvgIpc) is 3.59. The number of halogens is 1. The summed E-state index contributed by atoms with van der Waals surface area (Å²) >= 11 is -1.03. The fourth-order valence-electron chi connectivity index (χ4n) is 4.07. The molecule has 1 saturated carbocycles. The first-order valence-corrected chi connectivity index (χ1v) is 14.3. The van der Waals surface area contributed by atoms with Gasteiger partial charge in [-0.15, -0.1) is 0 Å². The number of amides is 1. The van der Waals surface area contributed by atoms with Crippen LogP contribution in [0.5, 0.6) is 0 Å². The van der Waals surface area contributed by atoms with Crippen molar-refractivity contribution in [3.05, 3.63) is 77.8 Å². The Morgan fingerprint density at radius 3 is 2.67 bits per heavy atom. The van der Waals surface area contributed by atoms with Crippen LogP contribution in [0.2, 0.25) is 0 Å². The van der Waals surface area contributed by atoms with Gasteiger partial charge in [0.2, 0.25) is 0 Å². The van der Waals surface area contributed by atoms with Gasteiger partial charge in [-0.1, -0.05) is 6.08 Å². The zero-order valence-corrected chi connectivity index (χ0v) is 22.9. The van der Waals surface area contributed by atoms with E-state index < -0.39 is 21.6 Å². The van der Waals surface area contributed by atoms with Crippen molar-refractivity contribution in [3.8, 4) is 11.1 Å². The molecule has 1 fully saturated rings. The first kappa shape index (κ1) is 26.1. The van der Waals surface area contributed by atoms with Crippen LogP contribution in [-0.4, -0.2) is 62.0 Å². The van der Waals surface area contributed by atoms with E-state index in [2.05, 4.69) is 21.6 Å². The third-order valence-electron chi connectivity index (χ3n) is 6.18. The van der Waals surface area contributed by atoms with Crippen LogP contribution < -0.4 is 9.80 Å². The minimum atomic E-state index is -1.03. The molecule has 1 amide bonds. The molecule has 0 radical (unpaired) electrons. The number of carbonyl (C=O) groups is 2. The van der Waals surface area contributed by atoms with E-state index in [4.69, 9.17) is 0 Å². The second-order valence-electron chi connectivity index (χ2n) is 9.41. The number of benzene rings is 2. The van der Waals surface area contributed by atoms with Crippen LogP contribution in [0.3, 0.4) is 0 Å². The Morgan fingerprint density at radius 1 is 1.19 bits per heavy atom. The zero-order valence-electron chi connectivity index (χ0n) is 20.8. The standard InChI is InChI=1S/C28H32AsFN4O2/c1-4-22(28(36)29-26-17-25(32-33-26)18-10-11-18)21-8-5-7-19(15-21)20-12-13-24(23(30)16-20)31-27(35)9-6-14-34(2)3/h5-9,12-13,15-18,22,29H,4,10-11,14H2,1-3H3,(H,31,35)(H,32,33)/b9-6+. The van der Waals surface area contributed by atoms with Gasteiger partial charge in [-0.3, -0.25) is 0 Å². The van der Waals surface area contributed by atoms with E-state index in [-0.39, 0.29) is 22.1 Å². The Hall–Kier alpha value is -3.02. The molecule has 36 heavy (non-hydrogen) atoms. The van der Waals surface area contributed by atoms with Gasteiger partial charge in [0.15, 0.2) is 0 Å². The third kappa shape index (κ3) is 6.80. The minimum absolute atomic E-state index is 0.131. The van der Waals surface area contributed by atoms with Crippen LogP contribution >= 0.6 is 0 Å². The number of rotatable bonds is 11. The molecule has 1 aliphatic carbocycles. The van der Waals surface area contributed by atoms with E-state index in [9.17, 15) is 14.0 Å². The number of hydrogen-bond acceptors (Lipinski definition) is 4. The molecule has 1 heterocycles. The molecular formula is C28H32AsFN4O2. The van der Waals surface area contributed by atoms with Gasteiger partial charge in [0.25, 0.3) is 0 Å². The number of H-pyrrole nitrogens is 1. The molecule has 2 unspecified atom stereocenters. The van der Waals surface area contributed by atoms with Crippen molar-refractivity contribution in [2.24, 2.45) is 0 Å². The zero-order chi connectivity index (χ0) is 25.7. The number of likely N-dealkylation sites (N-methyl/N-ethyl adjacent to an activating group) is 1. The summed E-state index contributed by atoms with van der Waals surface area (Å²) in [6.45, 7) is 2.64. The van der Waals surface area contributed by atoms with E-state index in [1.165, 1.54) is 25.0 Å². The van der Waals surface area contributed by atoms with Gasteiger partial charge in [0, 0.05) is 6.54 Å². The van der Waals surface area contributed by atoms with Crippen molar-refractivity contribution in [1.29, 1.82) is 0 Å².